The summed E-state index contributed by atoms with van der Waals surface area (Å²) in [6, 6.07) is 5.37. The summed E-state index contributed by atoms with van der Waals surface area (Å²) in [7, 11) is 1.85. The van der Waals surface area contributed by atoms with E-state index in [0.717, 1.165) is 29.9 Å². The molecule has 0 radical (unpaired) electrons. The summed E-state index contributed by atoms with van der Waals surface area (Å²) < 4.78 is 27.8. The first kappa shape index (κ1) is 13.7. The van der Waals surface area contributed by atoms with Gasteiger partial charge in [-0.1, -0.05) is 13.0 Å². The largest absolute Gasteiger partial charge is 0.324 e. The molecule has 5 heteroatoms. The van der Waals surface area contributed by atoms with Crippen molar-refractivity contribution < 1.29 is 8.78 Å². The van der Waals surface area contributed by atoms with E-state index in [9.17, 15) is 8.78 Å². The Labute approximate surface area is 111 Å². The Bertz CT molecular complexity index is 578. The molecule has 2 aromatic rings. The lowest BCUT2D eigenvalue weighted by Gasteiger charge is -2.12. The van der Waals surface area contributed by atoms with Gasteiger partial charge in [-0.25, -0.2) is 8.78 Å². The lowest BCUT2D eigenvalue weighted by molar-refractivity contribution is 0.504. The van der Waals surface area contributed by atoms with Gasteiger partial charge in [0, 0.05) is 25.2 Å². The van der Waals surface area contributed by atoms with Crippen molar-refractivity contribution in [2.45, 2.75) is 25.8 Å². The molecule has 0 saturated carbocycles. The van der Waals surface area contributed by atoms with Gasteiger partial charge in [-0.15, -0.1) is 0 Å². The van der Waals surface area contributed by atoms with Crippen molar-refractivity contribution in [1.29, 1.82) is 0 Å². The van der Waals surface area contributed by atoms with Crippen molar-refractivity contribution in [2.75, 3.05) is 0 Å². The van der Waals surface area contributed by atoms with Crippen molar-refractivity contribution >= 4 is 0 Å². The SMILES string of the molecule is CCc1cc(CC(N)c2ccc(F)c(F)c2)n(C)n1. The van der Waals surface area contributed by atoms with Crippen LogP contribution in [0.5, 0.6) is 0 Å². The Morgan fingerprint density at radius 2 is 2.00 bits per heavy atom. The van der Waals surface area contributed by atoms with E-state index >= 15 is 0 Å². The molecule has 2 rings (SSSR count). The second-order valence-corrected chi connectivity index (χ2v) is 4.59. The highest BCUT2D eigenvalue weighted by molar-refractivity contribution is 5.23. The summed E-state index contributed by atoms with van der Waals surface area (Å²) in [5, 5.41) is 4.33. The van der Waals surface area contributed by atoms with E-state index < -0.39 is 11.6 Å². The lowest BCUT2D eigenvalue weighted by Crippen LogP contribution is -2.15. The van der Waals surface area contributed by atoms with E-state index in [4.69, 9.17) is 5.73 Å². The van der Waals surface area contributed by atoms with Gasteiger partial charge in [0.05, 0.1) is 5.69 Å². The molecule has 0 saturated heterocycles. The van der Waals surface area contributed by atoms with E-state index in [0.29, 0.717) is 12.0 Å². The van der Waals surface area contributed by atoms with Crippen molar-refractivity contribution in [2.24, 2.45) is 12.8 Å². The van der Waals surface area contributed by atoms with Crippen molar-refractivity contribution in [3.8, 4) is 0 Å². The van der Waals surface area contributed by atoms with Crippen molar-refractivity contribution in [3.63, 3.8) is 0 Å². The van der Waals surface area contributed by atoms with E-state index in [1.54, 1.807) is 4.68 Å². The Kier molecular flexibility index (Phi) is 3.95. The summed E-state index contributed by atoms with van der Waals surface area (Å²) >= 11 is 0. The maximum Gasteiger partial charge on any atom is 0.159 e. The van der Waals surface area contributed by atoms with Gasteiger partial charge in [0.15, 0.2) is 11.6 Å². The number of halogens is 2. The van der Waals surface area contributed by atoms with Crippen LogP contribution in [0.15, 0.2) is 24.3 Å². The Hall–Kier alpha value is -1.75. The number of hydrogen-bond acceptors (Lipinski definition) is 2. The van der Waals surface area contributed by atoms with Crippen LogP contribution in [-0.4, -0.2) is 9.78 Å². The zero-order valence-corrected chi connectivity index (χ0v) is 11.0. The van der Waals surface area contributed by atoms with Gasteiger partial charge in [0.1, 0.15) is 0 Å². The molecule has 0 aliphatic heterocycles. The van der Waals surface area contributed by atoms with Gasteiger partial charge in [-0.05, 0) is 30.2 Å². The van der Waals surface area contributed by atoms with Gasteiger partial charge < -0.3 is 5.73 Å². The minimum Gasteiger partial charge on any atom is -0.324 e. The normalized spacial score (nSPS) is 12.7. The molecule has 102 valence electrons. The van der Waals surface area contributed by atoms with Gasteiger partial charge in [0.25, 0.3) is 0 Å². The third-order valence-corrected chi connectivity index (χ3v) is 3.19. The maximum atomic E-state index is 13.2. The Balaban J connectivity index is 2.17. The fraction of sp³-hybridized carbons (Fsp3) is 0.357. The van der Waals surface area contributed by atoms with E-state index in [1.807, 2.05) is 20.0 Å². The first-order chi connectivity index (χ1) is 9.01. The smallest absolute Gasteiger partial charge is 0.159 e. The van der Waals surface area contributed by atoms with Gasteiger partial charge >= 0.3 is 0 Å². The highest BCUT2D eigenvalue weighted by Gasteiger charge is 2.13. The second-order valence-electron chi connectivity index (χ2n) is 4.59. The van der Waals surface area contributed by atoms with Crippen LogP contribution in [0.25, 0.3) is 0 Å². The number of aryl methyl sites for hydroxylation is 2. The molecule has 1 heterocycles. The summed E-state index contributed by atoms with van der Waals surface area (Å²) in [6.45, 7) is 2.03. The first-order valence-corrected chi connectivity index (χ1v) is 6.23. The molecule has 0 amide bonds. The maximum absolute atomic E-state index is 13.2. The van der Waals surface area contributed by atoms with Crippen LogP contribution >= 0.6 is 0 Å². The molecule has 1 aromatic heterocycles. The highest BCUT2D eigenvalue weighted by atomic mass is 19.2. The topological polar surface area (TPSA) is 43.8 Å². The number of nitrogens with two attached hydrogens (primary N) is 1. The zero-order chi connectivity index (χ0) is 14.0. The van der Waals surface area contributed by atoms with Gasteiger partial charge in [-0.3, -0.25) is 4.68 Å². The molecule has 19 heavy (non-hydrogen) atoms. The van der Waals surface area contributed by atoms with Crippen LogP contribution in [0.1, 0.15) is 29.9 Å². The summed E-state index contributed by atoms with van der Waals surface area (Å²) in [4.78, 5) is 0. The fourth-order valence-corrected chi connectivity index (χ4v) is 2.02. The number of aromatic nitrogens is 2. The lowest BCUT2D eigenvalue weighted by atomic mass is 10.0. The number of rotatable bonds is 4. The van der Waals surface area contributed by atoms with E-state index in [-0.39, 0.29) is 6.04 Å². The zero-order valence-electron chi connectivity index (χ0n) is 11.0. The summed E-state index contributed by atoms with van der Waals surface area (Å²) in [5.41, 5.74) is 8.59. The minimum atomic E-state index is -0.868. The predicted octanol–water partition coefficient (Wildman–Crippen LogP) is 2.50. The highest BCUT2D eigenvalue weighted by Crippen LogP contribution is 2.19. The average Bonchev–Trinajstić information content (AvgIpc) is 2.73. The van der Waals surface area contributed by atoms with Crippen molar-refractivity contribution in [1.82, 2.24) is 9.78 Å². The standard InChI is InChI=1S/C14H17F2N3/c1-3-10-7-11(19(2)18-10)8-14(17)9-4-5-12(15)13(16)6-9/h4-7,14H,3,8,17H2,1-2H3. The predicted molar refractivity (Wildman–Crippen MR) is 69.6 cm³/mol. The van der Waals surface area contributed by atoms with E-state index in [1.165, 1.54) is 6.07 Å². The van der Waals surface area contributed by atoms with Crippen molar-refractivity contribution in [3.05, 3.63) is 52.9 Å². The van der Waals surface area contributed by atoms with Crippen LogP contribution < -0.4 is 5.73 Å². The molecule has 1 aromatic carbocycles. The van der Waals surface area contributed by atoms with Crippen LogP contribution in [0.2, 0.25) is 0 Å². The molecule has 0 aliphatic carbocycles. The van der Waals surface area contributed by atoms with Gasteiger partial charge in [0.2, 0.25) is 0 Å². The molecule has 0 bridgehead atoms. The second kappa shape index (κ2) is 5.48. The number of benzene rings is 1. The molecular formula is C14H17F2N3. The Morgan fingerprint density at radius 3 is 2.58 bits per heavy atom. The van der Waals surface area contributed by atoms with Gasteiger partial charge in [-0.2, -0.15) is 5.10 Å². The van der Waals surface area contributed by atoms with Crippen LogP contribution in [0.3, 0.4) is 0 Å². The molecule has 3 nitrogen and oxygen atoms in total. The summed E-state index contributed by atoms with van der Waals surface area (Å²) in [6.07, 6.45) is 1.39. The third-order valence-electron chi connectivity index (χ3n) is 3.19. The average molecular weight is 265 g/mol. The third kappa shape index (κ3) is 2.98. The quantitative estimate of drug-likeness (QED) is 0.923. The molecule has 1 atom stereocenters. The minimum absolute atomic E-state index is 0.379. The van der Waals surface area contributed by atoms with Crippen LogP contribution in [-0.2, 0) is 19.9 Å². The monoisotopic (exact) mass is 265 g/mol. The fourth-order valence-electron chi connectivity index (χ4n) is 2.02. The summed E-state index contributed by atoms with van der Waals surface area (Å²) in [5.74, 6) is -1.73. The molecule has 0 spiro atoms. The molecule has 0 aliphatic rings. The molecule has 2 N–H and O–H groups in total. The van der Waals surface area contributed by atoms with E-state index in [2.05, 4.69) is 5.10 Å². The number of nitrogens with zero attached hydrogens (tertiary/aromatic N) is 2. The molecular weight excluding hydrogens is 248 g/mol. The van der Waals surface area contributed by atoms with Crippen LogP contribution in [0, 0.1) is 11.6 Å². The first-order valence-electron chi connectivity index (χ1n) is 6.23. The van der Waals surface area contributed by atoms with Crippen LogP contribution in [0.4, 0.5) is 8.78 Å². The Morgan fingerprint density at radius 1 is 1.26 bits per heavy atom. The molecule has 1 unspecified atom stereocenters. The molecule has 0 fully saturated rings. The number of hydrogen-bond donors (Lipinski definition) is 1.